The van der Waals surface area contributed by atoms with Gasteiger partial charge >= 0.3 is 0 Å². The van der Waals surface area contributed by atoms with Crippen LogP contribution >= 0.6 is 0 Å². The van der Waals surface area contributed by atoms with Gasteiger partial charge in [0, 0.05) is 25.1 Å². The zero-order valence-electron chi connectivity index (χ0n) is 18.5. The van der Waals surface area contributed by atoms with Crippen LogP contribution in [0.25, 0.3) is 0 Å². The maximum absolute atomic E-state index is 12.4. The zero-order valence-corrected chi connectivity index (χ0v) is 19.3. The molecule has 0 saturated heterocycles. The van der Waals surface area contributed by atoms with E-state index < -0.39 is 14.9 Å². The molecular formula is C22H29N3O5S. The van der Waals surface area contributed by atoms with Gasteiger partial charge in [-0.1, -0.05) is 29.8 Å². The first kappa shape index (κ1) is 24.3. The van der Waals surface area contributed by atoms with Crippen molar-refractivity contribution in [3.8, 4) is 0 Å². The number of anilines is 1. The molecule has 0 bridgehead atoms. The first-order valence-electron chi connectivity index (χ1n) is 9.99. The summed E-state index contributed by atoms with van der Waals surface area (Å²) in [7, 11) is -3.68. The predicted octanol–water partition coefficient (Wildman–Crippen LogP) is 3.94. The highest BCUT2D eigenvalue weighted by Gasteiger charge is 2.22. The van der Waals surface area contributed by atoms with Crippen molar-refractivity contribution in [2.45, 2.75) is 46.6 Å². The van der Waals surface area contributed by atoms with Crippen molar-refractivity contribution in [2.24, 2.45) is 0 Å². The number of benzene rings is 2. The number of carbonyl (C=O) groups excluding carboxylic acids is 1. The Morgan fingerprint density at radius 3 is 2.39 bits per heavy atom. The lowest BCUT2D eigenvalue weighted by molar-refractivity contribution is -0.384. The van der Waals surface area contributed by atoms with E-state index in [1.54, 1.807) is 6.92 Å². The topological polar surface area (TPSA) is 110 Å². The molecule has 2 rings (SSSR count). The molecule has 0 unspecified atom stereocenters. The number of nitrogens with zero attached hydrogens (tertiary/aromatic N) is 2. The number of hydrogen-bond acceptors (Lipinski definition) is 5. The molecule has 0 aromatic heterocycles. The Labute approximate surface area is 183 Å². The number of nitro groups is 1. The largest absolute Gasteiger partial charge is 0.350 e. The second kappa shape index (κ2) is 9.91. The molecule has 0 radical (unpaired) electrons. The summed E-state index contributed by atoms with van der Waals surface area (Å²) >= 11 is 0. The van der Waals surface area contributed by atoms with Crippen LogP contribution in [0.15, 0.2) is 36.4 Å². The third kappa shape index (κ3) is 6.52. The van der Waals surface area contributed by atoms with E-state index in [0.717, 1.165) is 27.3 Å². The fourth-order valence-electron chi connectivity index (χ4n) is 3.45. The van der Waals surface area contributed by atoms with Crippen LogP contribution in [-0.2, 0) is 14.8 Å². The first-order valence-corrected chi connectivity index (χ1v) is 11.8. The van der Waals surface area contributed by atoms with Gasteiger partial charge in [0.25, 0.3) is 5.69 Å². The van der Waals surface area contributed by atoms with E-state index in [2.05, 4.69) is 5.32 Å². The predicted molar refractivity (Wildman–Crippen MR) is 122 cm³/mol. The zero-order chi connectivity index (χ0) is 23.3. The lowest BCUT2D eigenvalue weighted by Crippen LogP contribution is -2.33. The van der Waals surface area contributed by atoms with Crippen LogP contribution < -0.4 is 9.62 Å². The summed E-state index contributed by atoms with van der Waals surface area (Å²) in [6.45, 7) is 7.63. The van der Waals surface area contributed by atoms with Gasteiger partial charge < -0.3 is 5.32 Å². The number of aryl methyl sites for hydroxylation is 3. The van der Waals surface area contributed by atoms with E-state index in [4.69, 9.17) is 0 Å². The van der Waals surface area contributed by atoms with Crippen molar-refractivity contribution < 1.29 is 18.1 Å². The molecule has 2 aromatic rings. The molecule has 0 aliphatic heterocycles. The number of hydrogen-bond donors (Lipinski definition) is 1. The van der Waals surface area contributed by atoms with Crippen molar-refractivity contribution in [3.05, 3.63) is 68.8 Å². The van der Waals surface area contributed by atoms with Gasteiger partial charge in [0.05, 0.1) is 22.9 Å². The highest BCUT2D eigenvalue weighted by Crippen LogP contribution is 2.28. The second-order valence-corrected chi connectivity index (χ2v) is 9.72. The molecule has 1 atom stereocenters. The van der Waals surface area contributed by atoms with E-state index in [1.165, 1.54) is 18.2 Å². The minimum absolute atomic E-state index is 0.0477. The molecular weight excluding hydrogens is 418 g/mol. The lowest BCUT2D eigenvalue weighted by atomic mass is 10.00. The van der Waals surface area contributed by atoms with Crippen LogP contribution in [0.3, 0.4) is 0 Å². The van der Waals surface area contributed by atoms with Gasteiger partial charge in [0.1, 0.15) is 0 Å². The Hall–Kier alpha value is -2.94. The Balaban J connectivity index is 2.07. The van der Waals surface area contributed by atoms with E-state index in [0.29, 0.717) is 5.56 Å². The van der Waals surface area contributed by atoms with Crippen molar-refractivity contribution in [1.82, 2.24) is 5.32 Å². The summed E-state index contributed by atoms with van der Waals surface area (Å²) in [5.41, 5.74) is 3.90. The molecule has 1 amide bonds. The van der Waals surface area contributed by atoms with Crippen molar-refractivity contribution >= 4 is 27.3 Å². The maximum Gasteiger partial charge on any atom is 0.271 e. The average Bonchev–Trinajstić information content (AvgIpc) is 2.66. The van der Waals surface area contributed by atoms with Gasteiger partial charge in [-0.3, -0.25) is 19.2 Å². The van der Waals surface area contributed by atoms with E-state index in [1.807, 2.05) is 39.0 Å². The van der Waals surface area contributed by atoms with Gasteiger partial charge in [0.2, 0.25) is 15.9 Å². The SMILES string of the molecule is Cc1ccc(C)c([C@@H](C)NC(=O)CCCN(c2cc([N+](=O)[O-])ccc2C)S(C)(=O)=O)c1. The summed E-state index contributed by atoms with van der Waals surface area (Å²) < 4.78 is 25.8. The first-order chi connectivity index (χ1) is 14.4. The molecule has 9 heteroatoms. The van der Waals surface area contributed by atoms with Crippen molar-refractivity contribution in [3.63, 3.8) is 0 Å². The van der Waals surface area contributed by atoms with E-state index >= 15 is 0 Å². The monoisotopic (exact) mass is 447 g/mol. The summed E-state index contributed by atoms with van der Waals surface area (Å²) in [4.78, 5) is 23.0. The minimum Gasteiger partial charge on any atom is -0.350 e. The van der Waals surface area contributed by atoms with Gasteiger partial charge in [-0.05, 0) is 50.8 Å². The molecule has 0 spiro atoms. The van der Waals surface area contributed by atoms with Gasteiger partial charge in [-0.15, -0.1) is 0 Å². The Bertz CT molecular complexity index is 1080. The number of carbonyl (C=O) groups is 1. The smallest absolute Gasteiger partial charge is 0.271 e. The minimum atomic E-state index is -3.68. The van der Waals surface area contributed by atoms with Crippen LogP contribution in [0.5, 0.6) is 0 Å². The molecule has 8 nitrogen and oxygen atoms in total. The summed E-state index contributed by atoms with van der Waals surface area (Å²) in [5.74, 6) is -0.183. The average molecular weight is 448 g/mol. The molecule has 0 aliphatic carbocycles. The number of nitro benzene ring substituents is 1. The number of non-ortho nitro benzene ring substituents is 1. The quantitative estimate of drug-likeness (QED) is 0.462. The molecule has 31 heavy (non-hydrogen) atoms. The molecule has 0 aliphatic rings. The molecule has 168 valence electrons. The Kier molecular flexibility index (Phi) is 7.78. The third-order valence-electron chi connectivity index (χ3n) is 5.12. The number of amides is 1. The Morgan fingerprint density at radius 2 is 1.77 bits per heavy atom. The van der Waals surface area contributed by atoms with Crippen LogP contribution in [0.4, 0.5) is 11.4 Å². The van der Waals surface area contributed by atoms with E-state index in [-0.39, 0.29) is 42.7 Å². The third-order valence-corrected chi connectivity index (χ3v) is 6.30. The van der Waals surface area contributed by atoms with Crippen LogP contribution in [-0.4, -0.2) is 32.0 Å². The van der Waals surface area contributed by atoms with Gasteiger partial charge in [-0.2, -0.15) is 0 Å². The highest BCUT2D eigenvalue weighted by molar-refractivity contribution is 7.92. The van der Waals surface area contributed by atoms with Gasteiger partial charge in [0.15, 0.2) is 0 Å². The fourth-order valence-corrected chi connectivity index (χ4v) is 4.46. The second-order valence-electron chi connectivity index (χ2n) is 7.82. The van der Waals surface area contributed by atoms with Crippen LogP contribution in [0.2, 0.25) is 0 Å². The molecule has 0 heterocycles. The van der Waals surface area contributed by atoms with Crippen LogP contribution in [0.1, 0.15) is 48.1 Å². The number of sulfonamides is 1. The maximum atomic E-state index is 12.4. The number of nitrogens with one attached hydrogen (secondary N) is 1. The summed E-state index contributed by atoms with van der Waals surface area (Å²) in [5, 5.41) is 14.0. The van der Waals surface area contributed by atoms with Crippen molar-refractivity contribution in [2.75, 3.05) is 17.1 Å². The number of rotatable bonds is 9. The summed E-state index contributed by atoms with van der Waals surface area (Å²) in [6, 6.07) is 10.0. The molecule has 0 fully saturated rings. The normalized spacial score (nSPS) is 12.3. The highest BCUT2D eigenvalue weighted by atomic mass is 32.2. The van der Waals surface area contributed by atoms with Crippen molar-refractivity contribution in [1.29, 1.82) is 0 Å². The standard InChI is InChI=1S/C22H29N3O5S/c1-15-8-9-16(2)20(13-15)18(4)23-22(26)7-6-12-24(31(5,29)30)21-14-19(25(27)28)11-10-17(21)3/h8-11,13-14,18H,6-7,12H2,1-5H3,(H,23,26)/t18-/m1/s1. The molecule has 2 aromatic carbocycles. The lowest BCUT2D eigenvalue weighted by Gasteiger charge is -2.24. The van der Waals surface area contributed by atoms with Crippen LogP contribution in [0, 0.1) is 30.9 Å². The molecule has 1 N–H and O–H groups in total. The van der Waals surface area contributed by atoms with E-state index in [9.17, 15) is 23.3 Å². The fraction of sp³-hybridized carbons (Fsp3) is 0.409. The molecule has 0 saturated carbocycles. The summed E-state index contributed by atoms with van der Waals surface area (Å²) in [6.07, 6.45) is 1.46. The Morgan fingerprint density at radius 1 is 1.13 bits per heavy atom. The van der Waals surface area contributed by atoms with Gasteiger partial charge in [-0.25, -0.2) is 8.42 Å².